The Morgan fingerprint density at radius 2 is 1.77 bits per heavy atom. The van der Waals surface area contributed by atoms with E-state index in [1.807, 2.05) is 24.3 Å². The number of methoxy groups -OCH3 is 1. The molecule has 1 aliphatic heterocycles. The molecule has 0 radical (unpaired) electrons. The van der Waals surface area contributed by atoms with Crippen molar-refractivity contribution in [2.24, 2.45) is 17.8 Å². The van der Waals surface area contributed by atoms with Crippen LogP contribution in [0.3, 0.4) is 0 Å². The minimum absolute atomic E-state index is 0.0462. The van der Waals surface area contributed by atoms with E-state index in [1.54, 1.807) is 7.11 Å². The third-order valence-corrected chi connectivity index (χ3v) is 6.01. The van der Waals surface area contributed by atoms with Gasteiger partial charge in [-0.15, -0.1) is 0 Å². The molecule has 1 aliphatic carbocycles. The zero-order valence-electron chi connectivity index (χ0n) is 16.5. The summed E-state index contributed by atoms with van der Waals surface area (Å²) in [7, 11) is 1.64. The maximum atomic E-state index is 12.7. The van der Waals surface area contributed by atoms with Gasteiger partial charge in [0.1, 0.15) is 5.75 Å². The Morgan fingerprint density at radius 3 is 2.42 bits per heavy atom. The largest absolute Gasteiger partial charge is 0.497 e. The summed E-state index contributed by atoms with van der Waals surface area (Å²) in [6.07, 6.45) is 6.19. The number of benzene rings is 1. The van der Waals surface area contributed by atoms with Gasteiger partial charge in [-0.2, -0.15) is 0 Å². The Balaban J connectivity index is 1.60. The number of carbonyl (C=O) groups excluding carboxylic acids is 1. The lowest BCUT2D eigenvalue weighted by molar-refractivity contribution is 0.0817. The summed E-state index contributed by atoms with van der Waals surface area (Å²) in [5, 5.41) is 3.33. The molecule has 4 heteroatoms. The summed E-state index contributed by atoms with van der Waals surface area (Å²) in [4.78, 5) is 15.3. The number of ether oxygens (including phenoxy) is 1. The predicted octanol–water partition coefficient (Wildman–Crippen LogP) is 3.96. The van der Waals surface area contributed by atoms with Crippen molar-refractivity contribution in [2.75, 3.05) is 26.7 Å². The number of nitrogens with zero attached hydrogens (tertiary/aromatic N) is 1. The lowest BCUT2D eigenvalue weighted by atomic mass is 9.82. The van der Waals surface area contributed by atoms with Crippen LogP contribution in [0.1, 0.15) is 56.3 Å². The summed E-state index contributed by atoms with van der Waals surface area (Å²) in [6.45, 7) is 8.28. The van der Waals surface area contributed by atoms with Gasteiger partial charge in [0.15, 0.2) is 0 Å². The van der Waals surface area contributed by atoms with Gasteiger partial charge in [-0.3, -0.25) is 4.79 Å². The number of carbonyl (C=O) groups is 1. The van der Waals surface area contributed by atoms with Crippen molar-refractivity contribution in [1.29, 1.82) is 0 Å². The van der Waals surface area contributed by atoms with E-state index in [0.717, 1.165) is 36.1 Å². The van der Waals surface area contributed by atoms with Gasteiger partial charge >= 0.3 is 0 Å². The first-order chi connectivity index (χ1) is 12.5. The third-order valence-electron chi connectivity index (χ3n) is 6.01. The van der Waals surface area contributed by atoms with Gasteiger partial charge in [0.25, 0.3) is 5.91 Å². The number of rotatable bonds is 5. The highest BCUT2D eigenvalue weighted by atomic mass is 16.5. The van der Waals surface area contributed by atoms with E-state index < -0.39 is 0 Å². The maximum Gasteiger partial charge on any atom is 0.251 e. The first-order valence-electron chi connectivity index (χ1n) is 10.2. The second-order valence-electron chi connectivity index (χ2n) is 8.52. The number of hydrogen-bond donors (Lipinski definition) is 1. The Bertz CT molecular complexity index is 576. The number of piperidine rings is 1. The van der Waals surface area contributed by atoms with Crippen LogP contribution in [0.2, 0.25) is 0 Å². The molecule has 1 N–H and O–H groups in total. The minimum Gasteiger partial charge on any atom is -0.497 e. The van der Waals surface area contributed by atoms with Crippen molar-refractivity contribution in [3.8, 4) is 5.75 Å². The van der Waals surface area contributed by atoms with E-state index in [-0.39, 0.29) is 5.91 Å². The molecule has 1 aromatic carbocycles. The van der Waals surface area contributed by atoms with Gasteiger partial charge < -0.3 is 15.0 Å². The molecule has 1 amide bonds. The molecular formula is C22H34N2O2. The van der Waals surface area contributed by atoms with E-state index >= 15 is 0 Å². The summed E-state index contributed by atoms with van der Waals surface area (Å²) >= 11 is 0. The van der Waals surface area contributed by atoms with Crippen LogP contribution in [0.15, 0.2) is 24.3 Å². The van der Waals surface area contributed by atoms with E-state index in [0.29, 0.717) is 12.0 Å². The third kappa shape index (κ3) is 5.00. The molecule has 3 rings (SSSR count). The van der Waals surface area contributed by atoms with Crippen LogP contribution in [0.4, 0.5) is 0 Å². The van der Waals surface area contributed by atoms with Gasteiger partial charge in [-0.1, -0.05) is 26.7 Å². The van der Waals surface area contributed by atoms with Crippen molar-refractivity contribution in [1.82, 2.24) is 10.2 Å². The molecule has 26 heavy (non-hydrogen) atoms. The van der Waals surface area contributed by atoms with Crippen LogP contribution in [-0.2, 0) is 0 Å². The molecule has 1 aromatic rings. The van der Waals surface area contributed by atoms with Crippen LogP contribution < -0.4 is 10.1 Å². The van der Waals surface area contributed by atoms with Crippen molar-refractivity contribution in [2.45, 2.75) is 52.0 Å². The van der Waals surface area contributed by atoms with E-state index in [9.17, 15) is 4.79 Å². The van der Waals surface area contributed by atoms with Gasteiger partial charge in [0.05, 0.1) is 7.11 Å². The quantitative estimate of drug-likeness (QED) is 0.866. The van der Waals surface area contributed by atoms with Crippen LogP contribution in [0, 0.1) is 17.8 Å². The molecule has 1 heterocycles. The number of likely N-dealkylation sites (tertiary alicyclic amines) is 1. The summed E-state index contributed by atoms with van der Waals surface area (Å²) < 4.78 is 5.18. The van der Waals surface area contributed by atoms with E-state index in [4.69, 9.17) is 4.74 Å². The molecule has 2 aliphatic rings. The molecule has 4 unspecified atom stereocenters. The number of hydrogen-bond acceptors (Lipinski definition) is 3. The fraction of sp³-hybridized carbons (Fsp3) is 0.682. The SMILES string of the molecule is COc1ccc(C(=O)NC2CCCCC2CN2CC(C)CC(C)C2)cc1. The Kier molecular flexibility index (Phi) is 6.58. The number of nitrogens with one attached hydrogen (secondary N) is 1. The van der Waals surface area contributed by atoms with Crippen molar-refractivity contribution >= 4 is 5.91 Å². The first-order valence-corrected chi connectivity index (χ1v) is 10.2. The molecule has 0 bridgehead atoms. The van der Waals surface area contributed by atoms with Gasteiger partial charge in [0, 0.05) is 31.2 Å². The fourth-order valence-corrected chi connectivity index (χ4v) is 4.88. The first kappa shape index (κ1) is 19.2. The summed E-state index contributed by atoms with van der Waals surface area (Å²) in [5.74, 6) is 2.98. The molecule has 4 nitrogen and oxygen atoms in total. The Labute approximate surface area is 158 Å². The average Bonchev–Trinajstić information content (AvgIpc) is 2.62. The second kappa shape index (κ2) is 8.90. The average molecular weight is 359 g/mol. The monoisotopic (exact) mass is 358 g/mol. The fourth-order valence-electron chi connectivity index (χ4n) is 4.88. The molecule has 0 spiro atoms. The lowest BCUT2D eigenvalue weighted by Crippen LogP contribution is -2.49. The smallest absolute Gasteiger partial charge is 0.251 e. The molecule has 2 fully saturated rings. The van der Waals surface area contributed by atoms with E-state index in [2.05, 4.69) is 24.1 Å². The molecular weight excluding hydrogens is 324 g/mol. The summed E-state index contributed by atoms with van der Waals surface area (Å²) in [5.41, 5.74) is 0.718. The highest BCUT2D eigenvalue weighted by molar-refractivity contribution is 5.94. The number of amides is 1. The zero-order valence-corrected chi connectivity index (χ0v) is 16.5. The van der Waals surface area contributed by atoms with Crippen LogP contribution >= 0.6 is 0 Å². The molecule has 1 saturated carbocycles. The van der Waals surface area contributed by atoms with Crippen LogP contribution in [0.25, 0.3) is 0 Å². The molecule has 0 aromatic heterocycles. The van der Waals surface area contributed by atoms with Crippen molar-refractivity contribution in [3.05, 3.63) is 29.8 Å². The predicted molar refractivity (Wildman–Crippen MR) is 106 cm³/mol. The topological polar surface area (TPSA) is 41.6 Å². The van der Waals surface area contributed by atoms with Crippen LogP contribution in [-0.4, -0.2) is 43.6 Å². The van der Waals surface area contributed by atoms with Gasteiger partial charge in [0.2, 0.25) is 0 Å². The second-order valence-corrected chi connectivity index (χ2v) is 8.52. The minimum atomic E-state index is 0.0462. The summed E-state index contributed by atoms with van der Waals surface area (Å²) in [6, 6.07) is 7.69. The van der Waals surface area contributed by atoms with Crippen molar-refractivity contribution < 1.29 is 9.53 Å². The van der Waals surface area contributed by atoms with Crippen LogP contribution in [0.5, 0.6) is 5.75 Å². The highest BCUT2D eigenvalue weighted by Gasteiger charge is 2.30. The Hall–Kier alpha value is -1.55. The normalized spacial score (nSPS) is 30.0. The highest BCUT2D eigenvalue weighted by Crippen LogP contribution is 2.28. The Morgan fingerprint density at radius 1 is 1.12 bits per heavy atom. The lowest BCUT2D eigenvalue weighted by Gasteiger charge is -2.40. The standard InChI is InChI=1S/C22H34N2O2/c1-16-12-17(2)14-24(13-16)15-19-6-4-5-7-21(19)23-22(25)18-8-10-20(26-3)11-9-18/h8-11,16-17,19,21H,4-7,12-15H2,1-3H3,(H,23,25). The maximum absolute atomic E-state index is 12.7. The van der Waals surface area contributed by atoms with E-state index in [1.165, 1.54) is 38.8 Å². The zero-order chi connectivity index (χ0) is 18.5. The molecule has 4 atom stereocenters. The molecule has 1 saturated heterocycles. The van der Waals surface area contributed by atoms with Gasteiger partial charge in [-0.05, 0) is 61.3 Å². The molecule has 144 valence electrons. The van der Waals surface area contributed by atoms with Gasteiger partial charge in [-0.25, -0.2) is 0 Å². The van der Waals surface area contributed by atoms with Crippen molar-refractivity contribution in [3.63, 3.8) is 0 Å².